The van der Waals surface area contributed by atoms with Gasteiger partial charge in [-0.25, -0.2) is 0 Å². The summed E-state index contributed by atoms with van der Waals surface area (Å²) in [6.45, 7) is 4.65. The number of anilines is 2. The predicted octanol–water partition coefficient (Wildman–Crippen LogP) is 3.16. The average molecular weight is 392 g/mol. The van der Waals surface area contributed by atoms with E-state index in [-0.39, 0.29) is 11.4 Å². The van der Waals surface area contributed by atoms with Gasteiger partial charge >= 0.3 is 0 Å². The van der Waals surface area contributed by atoms with E-state index in [1.165, 1.54) is 0 Å². The van der Waals surface area contributed by atoms with Crippen LogP contribution in [0.15, 0.2) is 40.8 Å². The number of benzene rings is 2. The van der Waals surface area contributed by atoms with Gasteiger partial charge in [0.2, 0.25) is 0 Å². The third-order valence-corrected chi connectivity index (χ3v) is 6.00. The van der Waals surface area contributed by atoms with Gasteiger partial charge in [-0.2, -0.15) is 4.98 Å². The van der Waals surface area contributed by atoms with Gasteiger partial charge in [-0.1, -0.05) is 0 Å². The highest BCUT2D eigenvalue weighted by Crippen LogP contribution is 2.33. The van der Waals surface area contributed by atoms with Gasteiger partial charge in [0.05, 0.1) is 12.1 Å². The fourth-order valence-corrected chi connectivity index (χ4v) is 3.85. The van der Waals surface area contributed by atoms with E-state index in [2.05, 4.69) is 41.1 Å². The molecule has 0 bridgehead atoms. The number of carbonyl (C=O) groups is 1. The average Bonchev–Trinajstić information content (AvgIpc) is 3.30. The van der Waals surface area contributed by atoms with Crippen molar-refractivity contribution >= 4 is 28.7 Å². The Morgan fingerprint density at radius 1 is 1.21 bits per heavy atom. The van der Waals surface area contributed by atoms with Crippen molar-refractivity contribution in [2.45, 2.75) is 18.9 Å². The van der Waals surface area contributed by atoms with Gasteiger partial charge in [0, 0.05) is 30.8 Å². The number of nitrogens with one attached hydrogen (secondary N) is 1. The Morgan fingerprint density at radius 2 is 2.03 bits per heavy atom. The molecule has 1 amide bonds. The maximum atomic E-state index is 12.6. The van der Waals surface area contributed by atoms with Crippen LogP contribution in [-0.4, -0.2) is 55.1 Å². The van der Waals surface area contributed by atoms with Crippen LogP contribution >= 0.6 is 0 Å². The molecule has 0 spiro atoms. The van der Waals surface area contributed by atoms with Gasteiger partial charge in [-0.05, 0) is 63.0 Å². The number of ether oxygens (including phenoxy) is 1. The second kappa shape index (κ2) is 6.49. The fourth-order valence-electron chi connectivity index (χ4n) is 3.85. The van der Waals surface area contributed by atoms with Crippen molar-refractivity contribution in [2.24, 2.45) is 0 Å². The molecule has 3 heterocycles. The molecule has 3 aromatic rings. The van der Waals surface area contributed by atoms with Gasteiger partial charge in [-0.15, -0.1) is 0 Å². The van der Waals surface area contributed by atoms with Crippen LogP contribution in [0, 0.1) is 0 Å². The van der Waals surface area contributed by atoms with E-state index in [4.69, 9.17) is 9.15 Å². The molecule has 0 unspecified atom stereocenters. The van der Waals surface area contributed by atoms with E-state index < -0.39 is 0 Å². The zero-order valence-corrected chi connectivity index (χ0v) is 16.9. The Bertz CT molecular complexity index is 1100. The minimum Gasteiger partial charge on any atom is -0.493 e. The molecule has 5 rings (SSSR count). The highest BCUT2D eigenvalue weighted by atomic mass is 16.5. The molecular weight excluding hydrogens is 368 g/mol. The van der Waals surface area contributed by atoms with Crippen LogP contribution < -0.4 is 15.0 Å². The number of amides is 1. The number of oxazole rings is 1. The Hall–Kier alpha value is -3.06. The van der Waals surface area contributed by atoms with E-state index in [0.717, 1.165) is 36.3 Å². The number of rotatable bonds is 4. The Morgan fingerprint density at radius 3 is 2.83 bits per heavy atom. The molecule has 29 heavy (non-hydrogen) atoms. The summed E-state index contributed by atoms with van der Waals surface area (Å²) in [5.41, 5.74) is 3.98. The summed E-state index contributed by atoms with van der Waals surface area (Å²) in [4.78, 5) is 21.6. The molecule has 0 atom stereocenters. The maximum Gasteiger partial charge on any atom is 0.298 e. The minimum atomic E-state index is -0.146. The van der Waals surface area contributed by atoms with E-state index >= 15 is 0 Å². The molecule has 0 saturated carbocycles. The van der Waals surface area contributed by atoms with Crippen molar-refractivity contribution in [2.75, 3.05) is 44.0 Å². The van der Waals surface area contributed by atoms with Crippen LogP contribution in [-0.2, 0) is 6.42 Å². The molecule has 2 aliphatic rings. The first-order chi connectivity index (χ1) is 13.9. The lowest BCUT2D eigenvalue weighted by Gasteiger charge is -2.51. The zero-order valence-electron chi connectivity index (χ0n) is 16.9. The number of hydrogen-bond acceptors (Lipinski definition) is 6. The lowest BCUT2D eigenvalue weighted by atomic mass is 9.91. The van der Waals surface area contributed by atoms with Crippen LogP contribution in [0.1, 0.15) is 22.8 Å². The lowest BCUT2D eigenvalue weighted by Crippen LogP contribution is -2.67. The van der Waals surface area contributed by atoms with Gasteiger partial charge in [0.15, 0.2) is 5.58 Å². The predicted molar refractivity (Wildman–Crippen MR) is 112 cm³/mol. The topological polar surface area (TPSA) is 70.8 Å². The second-order valence-electron chi connectivity index (χ2n) is 8.30. The van der Waals surface area contributed by atoms with Crippen molar-refractivity contribution in [1.82, 2.24) is 9.88 Å². The molecule has 1 aromatic heterocycles. The summed E-state index contributed by atoms with van der Waals surface area (Å²) < 4.78 is 11.4. The number of hydrogen-bond donors (Lipinski definition) is 1. The van der Waals surface area contributed by atoms with Crippen molar-refractivity contribution < 1.29 is 13.9 Å². The largest absolute Gasteiger partial charge is 0.493 e. The molecule has 150 valence electrons. The Labute approximate surface area is 169 Å². The molecule has 1 saturated heterocycles. The minimum absolute atomic E-state index is 0.140. The van der Waals surface area contributed by atoms with Crippen LogP contribution in [0.25, 0.3) is 11.1 Å². The first kappa shape index (κ1) is 18.0. The third kappa shape index (κ3) is 3.11. The lowest BCUT2D eigenvalue weighted by molar-refractivity contribution is 0.102. The van der Waals surface area contributed by atoms with Crippen LogP contribution in [0.2, 0.25) is 0 Å². The van der Waals surface area contributed by atoms with Crippen molar-refractivity contribution in [3.63, 3.8) is 0 Å². The summed E-state index contributed by atoms with van der Waals surface area (Å²) in [5, 5.41) is 2.95. The monoisotopic (exact) mass is 392 g/mol. The fraction of sp³-hybridized carbons (Fsp3) is 0.364. The first-order valence-electron chi connectivity index (χ1n) is 9.81. The van der Waals surface area contributed by atoms with E-state index in [9.17, 15) is 4.79 Å². The Kier molecular flexibility index (Phi) is 4.03. The molecular formula is C22H24N4O3. The standard InChI is InChI=1S/C22H24N4O3/c1-22(25(2)3)12-26(13-22)21-24-17-11-16(5-7-19(17)29-21)23-20(27)15-4-6-18-14(10-15)8-9-28-18/h4-7,10-11H,8-9,12-13H2,1-3H3,(H,23,27). The quantitative estimate of drug-likeness (QED) is 0.736. The molecule has 1 N–H and O–H groups in total. The number of nitrogens with zero attached hydrogens (tertiary/aromatic N) is 3. The van der Waals surface area contributed by atoms with Crippen molar-refractivity contribution in [3.05, 3.63) is 47.5 Å². The zero-order chi connectivity index (χ0) is 20.2. The summed E-state index contributed by atoms with van der Waals surface area (Å²) in [6.07, 6.45) is 0.841. The van der Waals surface area contributed by atoms with Crippen LogP contribution in [0.5, 0.6) is 5.75 Å². The second-order valence-corrected chi connectivity index (χ2v) is 8.30. The third-order valence-electron chi connectivity index (χ3n) is 6.00. The van der Waals surface area contributed by atoms with Crippen LogP contribution in [0.3, 0.4) is 0 Å². The Balaban J connectivity index is 1.32. The molecule has 0 radical (unpaired) electrons. The number of likely N-dealkylation sites (N-methyl/N-ethyl adjacent to an activating group) is 1. The summed E-state index contributed by atoms with van der Waals surface area (Å²) in [5.74, 6) is 0.724. The molecule has 1 fully saturated rings. The number of fused-ring (bicyclic) bond motifs is 2. The van der Waals surface area contributed by atoms with Gasteiger partial charge in [0.1, 0.15) is 11.3 Å². The highest BCUT2D eigenvalue weighted by Gasteiger charge is 2.42. The van der Waals surface area contributed by atoms with Gasteiger partial charge < -0.3 is 24.3 Å². The van der Waals surface area contributed by atoms with E-state index in [1.54, 1.807) is 6.07 Å². The molecule has 2 aromatic carbocycles. The molecule has 7 heteroatoms. The maximum absolute atomic E-state index is 12.6. The van der Waals surface area contributed by atoms with Crippen molar-refractivity contribution in [1.29, 1.82) is 0 Å². The van der Waals surface area contributed by atoms with Gasteiger partial charge in [-0.3, -0.25) is 4.79 Å². The molecule has 7 nitrogen and oxygen atoms in total. The SMILES string of the molecule is CN(C)C1(C)CN(c2nc3cc(NC(=O)c4ccc5c(c4)CCO5)ccc3o2)C1. The van der Waals surface area contributed by atoms with E-state index in [1.807, 2.05) is 30.3 Å². The van der Waals surface area contributed by atoms with Crippen LogP contribution in [0.4, 0.5) is 11.7 Å². The molecule has 2 aliphatic heterocycles. The summed E-state index contributed by atoms with van der Waals surface area (Å²) in [7, 11) is 4.18. The first-order valence-corrected chi connectivity index (χ1v) is 9.81. The number of carbonyl (C=O) groups excluding carboxylic acids is 1. The molecule has 0 aliphatic carbocycles. The highest BCUT2D eigenvalue weighted by molar-refractivity contribution is 6.05. The summed E-state index contributed by atoms with van der Waals surface area (Å²) >= 11 is 0. The normalized spacial score (nSPS) is 17.2. The number of aromatic nitrogens is 1. The van der Waals surface area contributed by atoms with E-state index in [0.29, 0.717) is 29.5 Å². The smallest absolute Gasteiger partial charge is 0.298 e. The van der Waals surface area contributed by atoms with Gasteiger partial charge in [0.25, 0.3) is 11.9 Å². The van der Waals surface area contributed by atoms with Crippen molar-refractivity contribution in [3.8, 4) is 5.75 Å². The summed E-state index contributed by atoms with van der Waals surface area (Å²) in [6, 6.07) is 11.7.